The highest BCUT2D eigenvalue weighted by atomic mass is 16.7. The van der Waals surface area contributed by atoms with E-state index in [2.05, 4.69) is 54.5 Å². The summed E-state index contributed by atoms with van der Waals surface area (Å²) in [4.78, 5) is 26.9. The Hall–Kier alpha value is -3.26. The average Bonchev–Trinajstić information content (AvgIpc) is 3.79. The van der Waals surface area contributed by atoms with Gasteiger partial charge in [-0.15, -0.1) is 5.10 Å². The van der Waals surface area contributed by atoms with E-state index in [0.29, 0.717) is 36.8 Å². The number of nitrogens with zero attached hydrogens (tertiary/aromatic N) is 4. The lowest BCUT2D eigenvalue weighted by molar-refractivity contribution is -0.224. The number of hydrogen-bond acceptors (Lipinski definition) is 15. The van der Waals surface area contributed by atoms with E-state index in [1.807, 2.05) is 25.2 Å². The summed E-state index contributed by atoms with van der Waals surface area (Å²) in [7, 11) is 5.69. The van der Waals surface area contributed by atoms with E-state index in [4.69, 9.17) is 33.2 Å². The van der Waals surface area contributed by atoms with Crippen LogP contribution in [0.25, 0.3) is 0 Å². The number of carbonyl (C=O) groups excluding carboxylic acids is 2. The minimum absolute atomic E-state index is 0.00596. The van der Waals surface area contributed by atoms with Gasteiger partial charge in [0.2, 0.25) is 5.91 Å². The molecule has 4 N–H and O–H groups in total. The number of cyclic esters (lactones) is 1. The highest BCUT2D eigenvalue weighted by Crippen LogP contribution is 2.39. The van der Waals surface area contributed by atoms with Gasteiger partial charge in [0.05, 0.1) is 45.1 Å². The molecular formula is C39H61N5O12. The summed E-state index contributed by atoms with van der Waals surface area (Å²) in [6.45, 7) is 6.80. The summed E-state index contributed by atoms with van der Waals surface area (Å²) in [5, 5.41) is 41.8. The molecule has 14 atom stereocenters. The molecule has 0 unspecified atom stereocenters. The van der Waals surface area contributed by atoms with Crippen LogP contribution in [0.3, 0.4) is 0 Å². The fourth-order valence-electron chi connectivity index (χ4n) is 7.94. The fraction of sp³-hybridized carbons (Fsp3) is 0.744. The standard InChI is InChI=1S/C39H61N5O12/c1-22-17-26-18-34(51-21-27-19-44(42-41-27)39-35(40-25(4)46)37(49)36(48)31(20-45)55-39)56-38(26)30(50-7)14-15-32(47)52-23(2)11-9-8-10-12-29(22)54-33-16-13-28(43(5)6)24(3)53-33/h8-10,12,14,19,22-24,26,28-29,31,33-39,45,48-49H,11,13,15-18,20-21H2,1-7H3,(H,40,46)/b9-8+,12-10+,30-14-/t22-,23-,24-,26-,28+,29+,31+,33+,34-,35+,36+,37+,38-,39+/m1/s1. The first-order valence-electron chi connectivity index (χ1n) is 19.6. The summed E-state index contributed by atoms with van der Waals surface area (Å²) in [5.41, 5.74) is 0.406. The van der Waals surface area contributed by atoms with Crippen molar-refractivity contribution in [3.8, 4) is 0 Å². The summed E-state index contributed by atoms with van der Waals surface area (Å²) < 4.78 is 44.4. The van der Waals surface area contributed by atoms with Crippen LogP contribution in [0, 0.1) is 11.8 Å². The van der Waals surface area contributed by atoms with Crippen LogP contribution < -0.4 is 5.32 Å². The van der Waals surface area contributed by atoms with Crippen LogP contribution in [0.5, 0.6) is 0 Å². The number of esters is 1. The van der Waals surface area contributed by atoms with E-state index < -0.39 is 55.5 Å². The van der Waals surface area contributed by atoms with Crippen molar-refractivity contribution < 1.29 is 58.1 Å². The monoisotopic (exact) mass is 791 g/mol. The van der Waals surface area contributed by atoms with Gasteiger partial charge in [0.15, 0.2) is 18.8 Å². The van der Waals surface area contributed by atoms with E-state index >= 15 is 0 Å². The van der Waals surface area contributed by atoms with Gasteiger partial charge in [-0.05, 0) is 65.1 Å². The van der Waals surface area contributed by atoms with Crippen molar-refractivity contribution in [2.75, 3.05) is 27.8 Å². The third kappa shape index (κ3) is 11.4. The zero-order valence-electron chi connectivity index (χ0n) is 33.5. The lowest BCUT2D eigenvalue weighted by Crippen LogP contribution is -2.62. The topological polar surface area (TPSA) is 205 Å². The molecule has 0 spiro atoms. The molecule has 1 amide bonds. The van der Waals surface area contributed by atoms with Crippen molar-refractivity contribution in [2.45, 2.75) is 146 Å². The third-order valence-corrected chi connectivity index (χ3v) is 10.9. The van der Waals surface area contributed by atoms with Gasteiger partial charge in [0.1, 0.15) is 48.0 Å². The molecule has 17 heteroatoms. The maximum Gasteiger partial charge on any atom is 0.310 e. The number of nitrogens with one attached hydrogen (secondary N) is 1. The zero-order valence-corrected chi connectivity index (χ0v) is 33.5. The van der Waals surface area contributed by atoms with Crippen molar-refractivity contribution >= 4 is 11.9 Å². The van der Waals surface area contributed by atoms with Gasteiger partial charge in [-0.3, -0.25) is 9.59 Å². The molecule has 4 aliphatic heterocycles. The molecule has 0 saturated carbocycles. The Kier molecular flexibility index (Phi) is 16.0. The van der Waals surface area contributed by atoms with E-state index in [1.54, 1.807) is 19.4 Å². The number of aliphatic hydroxyl groups is 3. The lowest BCUT2D eigenvalue weighted by Gasteiger charge is -2.42. The molecule has 5 rings (SSSR count). The first kappa shape index (κ1) is 43.9. The second kappa shape index (κ2) is 20.4. The molecule has 314 valence electrons. The Morgan fingerprint density at radius 3 is 2.55 bits per heavy atom. The molecule has 1 aromatic heterocycles. The normalized spacial score (nSPS) is 39.6. The molecule has 3 fully saturated rings. The summed E-state index contributed by atoms with van der Waals surface area (Å²) >= 11 is 0. The Morgan fingerprint density at radius 2 is 1.86 bits per heavy atom. The molecule has 0 bridgehead atoms. The van der Waals surface area contributed by atoms with Crippen molar-refractivity contribution in [3.63, 3.8) is 0 Å². The van der Waals surface area contributed by atoms with E-state index in [1.165, 1.54) is 11.6 Å². The Bertz CT molecular complexity index is 1520. The number of hydrogen-bond donors (Lipinski definition) is 4. The van der Waals surface area contributed by atoms with E-state index in [-0.39, 0.29) is 55.4 Å². The SMILES string of the molecule is CO/C1=C\CC(=O)O[C@H](C)C/C=C/C=C/[C@H](O[C@H]2CC[C@H](N(C)C)[C@@H](C)O2)[C@H](C)C[C@@H]2C[C@H](OCc3cn([C@H]4O[C@@H](CO)[C@H](O)[C@@H](O)[C@@H]4NC(C)=O)nn3)O[C@@H]12. The van der Waals surface area contributed by atoms with Gasteiger partial charge in [0, 0.05) is 25.8 Å². The highest BCUT2D eigenvalue weighted by Gasteiger charge is 2.46. The van der Waals surface area contributed by atoms with Crippen LogP contribution in [0.1, 0.15) is 78.1 Å². The predicted octanol–water partition coefficient (Wildman–Crippen LogP) is 1.88. The fourth-order valence-corrected chi connectivity index (χ4v) is 7.94. The Labute approximate surface area is 328 Å². The second-order valence-corrected chi connectivity index (χ2v) is 15.5. The van der Waals surface area contributed by atoms with Crippen LogP contribution in [0.2, 0.25) is 0 Å². The molecule has 0 aromatic carbocycles. The molecule has 5 heterocycles. The number of methoxy groups -OCH3 is 1. The molecule has 4 aliphatic rings. The first-order chi connectivity index (χ1) is 26.8. The first-order valence-corrected chi connectivity index (χ1v) is 19.6. The molecule has 17 nitrogen and oxygen atoms in total. The second-order valence-electron chi connectivity index (χ2n) is 15.5. The van der Waals surface area contributed by atoms with Crippen molar-refractivity contribution in [1.29, 1.82) is 0 Å². The number of likely N-dealkylation sites (N-methyl/N-ethyl adjacent to an activating group) is 1. The van der Waals surface area contributed by atoms with Crippen LogP contribution in [0.4, 0.5) is 0 Å². The predicted molar refractivity (Wildman–Crippen MR) is 200 cm³/mol. The summed E-state index contributed by atoms with van der Waals surface area (Å²) in [5.74, 6) is -0.382. The summed E-state index contributed by atoms with van der Waals surface area (Å²) in [6, 6.07) is -0.750. The van der Waals surface area contributed by atoms with Gasteiger partial charge < -0.3 is 58.7 Å². The molecule has 1 aromatic rings. The molecular weight excluding hydrogens is 730 g/mol. The molecule has 0 radical (unpaired) electrons. The number of aromatic nitrogens is 3. The van der Waals surface area contributed by atoms with E-state index in [9.17, 15) is 24.9 Å². The smallest absolute Gasteiger partial charge is 0.310 e. The number of rotatable bonds is 10. The van der Waals surface area contributed by atoms with Gasteiger partial charge in [-0.2, -0.15) is 0 Å². The van der Waals surface area contributed by atoms with Crippen molar-refractivity contribution in [3.05, 3.63) is 48.0 Å². The minimum atomic E-state index is -1.44. The molecule has 3 saturated heterocycles. The largest absolute Gasteiger partial charge is 0.499 e. The maximum absolute atomic E-state index is 12.7. The quantitative estimate of drug-likeness (QED) is 0.250. The zero-order chi connectivity index (χ0) is 40.5. The molecule has 0 aliphatic carbocycles. The van der Waals surface area contributed by atoms with Gasteiger partial charge >= 0.3 is 5.97 Å². The maximum atomic E-state index is 12.7. The molecule has 56 heavy (non-hydrogen) atoms. The minimum Gasteiger partial charge on any atom is -0.499 e. The van der Waals surface area contributed by atoms with Crippen molar-refractivity contribution in [2.24, 2.45) is 11.8 Å². The number of allylic oxidation sites excluding steroid dienone is 2. The third-order valence-electron chi connectivity index (χ3n) is 10.9. The highest BCUT2D eigenvalue weighted by molar-refractivity contribution is 5.73. The van der Waals surface area contributed by atoms with Crippen LogP contribution in [-0.4, -0.2) is 142 Å². The van der Waals surface area contributed by atoms with Gasteiger partial charge in [-0.1, -0.05) is 36.4 Å². The number of carbonyl (C=O) groups is 2. The number of fused-ring (bicyclic) bond motifs is 1. The average molecular weight is 792 g/mol. The van der Waals surface area contributed by atoms with E-state index in [0.717, 1.165) is 12.8 Å². The number of ether oxygens (including phenoxy) is 7. The van der Waals surface area contributed by atoms with Crippen LogP contribution in [-0.2, 0) is 49.4 Å². The van der Waals surface area contributed by atoms with Gasteiger partial charge in [0.25, 0.3) is 0 Å². The summed E-state index contributed by atoms with van der Waals surface area (Å²) in [6.07, 6.45) is 7.53. The van der Waals surface area contributed by atoms with Crippen molar-refractivity contribution in [1.82, 2.24) is 25.2 Å². The Balaban J connectivity index is 1.32. The number of aliphatic hydroxyl groups excluding tert-OH is 3. The van der Waals surface area contributed by atoms with Crippen LogP contribution >= 0.6 is 0 Å². The Morgan fingerprint density at radius 1 is 1.07 bits per heavy atom. The van der Waals surface area contributed by atoms with Crippen LogP contribution in [0.15, 0.2) is 42.3 Å². The number of amides is 1. The lowest BCUT2D eigenvalue weighted by atomic mass is 9.86. The van der Waals surface area contributed by atoms with Gasteiger partial charge in [-0.25, -0.2) is 4.68 Å².